The summed E-state index contributed by atoms with van der Waals surface area (Å²) in [4.78, 5) is 44.4. The van der Waals surface area contributed by atoms with E-state index in [1.807, 2.05) is 0 Å². The normalized spacial score (nSPS) is 27.3. The monoisotopic (exact) mass is 330 g/mol. The summed E-state index contributed by atoms with van der Waals surface area (Å²) in [6.45, 7) is 4.86. The molecule has 2 atom stereocenters. The van der Waals surface area contributed by atoms with Crippen LogP contribution in [-0.4, -0.2) is 52.3 Å². The second kappa shape index (κ2) is 6.22. The van der Waals surface area contributed by atoms with E-state index < -0.39 is 17.5 Å². The number of carbonyl (C=O) groups excluding carboxylic acids is 3. The summed E-state index contributed by atoms with van der Waals surface area (Å²) in [5.41, 5.74) is -0.765. The van der Waals surface area contributed by atoms with Crippen LogP contribution in [0.25, 0.3) is 0 Å². The summed E-state index contributed by atoms with van der Waals surface area (Å²) in [6.07, 6.45) is 3.63. The summed E-state index contributed by atoms with van der Waals surface area (Å²) in [5, 5.41) is 2.67. The van der Waals surface area contributed by atoms with Crippen LogP contribution in [0.4, 0.5) is 4.79 Å². The highest BCUT2D eigenvalue weighted by Gasteiger charge is 2.50. The van der Waals surface area contributed by atoms with Gasteiger partial charge in [-0.25, -0.2) is 4.79 Å². The third-order valence-electron chi connectivity index (χ3n) is 4.76. The molecule has 2 aliphatic heterocycles. The predicted molar refractivity (Wildman–Crippen MR) is 86.8 cm³/mol. The van der Waals surface area contributed by atoms with Crippen LogP contribution in [0.15, 0.2) is 24.4 Å². The zero-order chi connectivity index (χ0) is 17.3. The summed E-state index contributed by atoms with van der Waals surface area (Å²) in [5.74, 6) is -0.176. The molecule has 2 aliphatic rings. The van der Waals surface area contributed by atoms with Crippen LogP contribution in [0.5, 0.6) is 0 Å². The number of nitrogens with one attached hydrogen (secondary N) is 1. The van der Waals surface area contributed by atoms with Gasteiger partial charge in [-0.15, -0.1) is 0 Å². The van der Waals surface area contributed by atoms with E-state index in [0.717, 1.165) is 17.7 Å². The van der Waals surface area contributed by atoms with Gasteiger partial charge >= 0.3 is 6.03 Å². The fourth-order valence-electron chi connectivity index (χ4n) is 3.32. The number of amides is 4. The molecule has 0 spiro atoms. The van der Waals surface area contributed by atoms with Gasteiger partial charge in [0.25, 0.3) is 5.91 Å². The number of urea groups is 1. The standard InChI is InChI=1S/C17H22N4O3/c1-12-6-5-9-20(10-12)14(22)11-21-15(23)17(2,19-16(21)24)13-7-3-4-8-18-13/h3-4,7-8,12H,5-6,9-11H2,1-2H3,(H,19,24). The van der Waals surface area contributed by atoms with Crippen molar-refractivity contribution >= 4 is 17.8 Å². The summed E-state index contributed by atoms with van der Waals surface area (Å²) in [7, 11) is 0. The lowest BCUT2D eigenvalue weighted by Gasteiger charge is -2.31. The zero-order valence-electron chi connectivity index (χ0n) is 14.0. The highest BCUT2D eigenvalue weighted by molar-refractivity contribution is 6.08. The maximum absolute atomic E-state index is 12.8. The number of likely N-dealkylation sites (tertiary alicyclic amines) is 1. The van der Waals surface area contributed by atoms with Gasteiger partial charge in [0.1, 0.15) is 6.54 Å². The maximum atomic E-state index is 12.8. The minimum Gasteiger partial charge on any atom is -0.341 e. The largest absolute Gasteiger partial charge is 0.341 e. The van der Waals surface area contributed by atoms with Crippen molar-refractivity contribution in [3.8, 4) is 0 Å². The van der Waals surface area contributed by atoms with E-state index in [9.17, 15) is 14.4 Å². The van der Waals surface area contributed by atoms with E-state index in [4.69, 9.17) is 0 Å². The highest BCUT2D eigenvalue weighted by Crippen LogP contribution is 2.27. The number of carbonyl (C=O) groups is 3. The minimum absolute atomic E-state index is 0.185. The molecule has 0 saturated carbocycles. The highest BCUT2D eigenvalue weighted by atomic mass is 16.2. The number of hydrogen-bond acceptors (Lipinski definition) is 4. The molecule has 0 aromatic carbocycles. The Kier molecular flexibility index (Phi) is 4.26. The molecule has 0 aliphatic carbocycles. The van der Waals surface area contributed by atoms with Crippen molar-refractivity contribution in [2.45, 2.75) is 32.2 Å². The van der Waals surface area contributed by atoms with Gasteiger partial charge in [0.05, 0.1) is 5.69 Å². The van der Waals surface area contributed by atoms with Gasteiger partial charge in [-0.2, -0.15) is 0 Å². The molecule has 2 saturated heterocycles. The molecule has 3 heterocycles. The molecule has 2 fully saturated rings. The molecule has 1 N–H and O–H groups in total. The third-order valence-corrected chi connectivity index (χ3v) is 4.76. The van der Waals surface area contributed by atoms with Crippen molar-refractivity contribution in [1.29, 1.82) is 0 Å². The molecule has 1 aromatic heterocycles. The molecule has 4 amide bonds. The van der Waals surface area contributed by atoms with Gasteiger partial charge in [0.2, 0.25) is 5.91 Å². The average molecular weight is 330 g/mol. The molecule has 128 valence electrons. The second-order valence-electron chi connectivity index (χ2n) is 6.75. The van der Waals surface area contributed by atoms with Crippen LogP contribution >= 0.6 is 0 Å². The first-order valence-electron chi connectivity index (χ1n) is 8.25. The van der Waals surface area contributed by atoms with Gasteiger partial charge in [-0.1, -0.05) is 13.0 Å². The van der Waals surface area contributed by atoms with Crippen molar-refractivity contribution in [3.63, 3.8) is 0 Å². The van der Waals surface area contributed by atoms with E-state index >= 15 is 0 Å². The minimum atomic E-state index is -1.23. The predicted octanol–water partition coefficient (Wildman–Crippen LogP) is 1.11. The molecule has 3 rings (SSSR count). The third kappa shape index (κ3) is 2.86. The van der Waals surface area contributed by atoms with Crippen LogP contribution in [0.3, 0.4) is 0 Å². The Bertz CT molecular complexity index is 663. The number of imide groups is 1. The van der Waals surface area contributed by atoms with E-state index in [1.54, 1.807) is 36.2 Å². The molecular formula is C17H22N4O3. The van der Waals surface area contributed by atoms with E-state index in [0.29, 0.717) is 24.7 Å². The van der Waals surface area contributed by atoms with Gasteiger partial charge in [-0.3, -0.25) is 19.5 Å². The molecule has 7 heteroatoms. The maximum Gasteiger partial charge on any atom is 0.325 e. The molecule has 0 radical (unpaired) electrons. The van der Waals surface area contributed by atoms with E-state index in [-0.39, 0.29) is 12.5 Å². The molecule has 2 unspecified atom stereocenters. The molecule has 0 bridgehead atoms. The lowest BCUT2D eigenvalue weighted by atomic mass is 9.97. The fraction of sp³-hybridized carbons (Fsp3) is 0.529. The Morgan fingerprint density at radius 1 is 1.42 bits per heavy atom. The van der Waals surface area contributed by atoms with E-state index in [2.05, 4.69) is 17.2 Å². The lowest BCUT2D eigenvalue weighted by Crippen LogP contribution is -2.47. The van der Waals surface area contributed by atoms with Crippen LogP contribution in [-0.2, 0) is 15.1 Å². The second-order valence-corrected chi connectivity index (χ2v) is 6.75. The average Bonchev–Trinajstić information content (AvgIpc) is 2.80. The first-order chi connectivity index (χ1) is 11.4. The van der Waals surface area contributed by atoms with Crippen molar-refractivity contribution in [2.24, 2.45) is 5.92 Å². The Labute approximate surface area is 141 Å². The molecule has 1 aromatic rings. The quantitative estimate of drug-likeness (QED) is 0.842. The molecule has 7 nitrogen and oxygen atoms in total. The number of hydrogen-bond donors (Lipinski definition) is 1. The van der Waals surface area contributed by atoms with Crippen molar-refractivity contribution in [1.82, 2.24) is 20.1 Å². The molecular weight excluding hydrogens is 308 g/mol. The summed E-state index contributed by atoms with van der Waals surface area (Å²) in [6, 6.07) is 4.64. The lowest BCUT2D eigenvalue weighted by molar-refractivity contribution is -0.139. The Balaban J connectivity index is 1.74. The van der Waals surface area contributed by atoms with Crippen LogP contribution < -0.4 is 5.32 Å². The number of nitrogens with zero attached hydrogens (tertiary/aromatic N) is 3. The zero-order valence-corrected chi connectivity index (χ0v) is 14.0. The summed E-state index contributed by atoms with van der Waals surface area (Å²) < 4.78 is 0. The van der Waals surface area contributed by atoms with Crippen LogP contribution in [0.2, 0.25) is 0 Å². The van der Waals surface area contributed by atoms with Crippen LogP contribution in [0, 0.1) is 5.92 Å². The Morgan fingerprint density at radius 3 is 2.88 bits per heavy atom. The van der Waals surface area contributed by atoms with Gasteiger partial charge in [-0.05, 0) is 37.8 Å². The van der Waals surface area contributed by atoms with Crippen molar-refractivity contribution < 1.29 is 14.4 Å². The number of rotatable bonds is 3. The number of piperidine rings is 1. The van der Waals surface area contributed by atoms with Crippen molar-refractivity contribution in [2.75, 3.05) is 19.6 Å². The van der Waals surface area contributed by atoms with Gasteiger partial charge in [0.15, 0.2) is 5.54 Å². The van der Waals surface area contributed by atoms with Crippen LogP contribution in [0.1, 0.15) is 32.4 Å². The summed E-state index contributed by atoms with van der Waals surface area (Å²) >= 11 is 0. The first kappa shape index (κ1) is 16.4. The topological polar surface area (TPSA) is 82.6 Å². The van der Waals surface area contributed by atoms with Crippen molar-refractivity contribution in [3.05, 3.63) is 30.1 Å². The molecule has 24 heavy (non-hydrogen) atoms. The van der Waals surface area contributed by atoms with E-state index in [1.165, 1.54) is 0 Å². The Hall–Kier alpha value is -2.44. The number of aromatic nitrogens is 1. The van der Waals surface area contributed by atoms with Gasteiger partial charge < -0.3 is 10.2 Å². The SMILES string of the molecule is CC1CCCN(C(=O)CN2C(=O)NC(C)(c3ccccn3)C2=O)C1. The fourth-order valence-corrected chi connectivity index (χ4v) is 3.32. The smallest absolute Gasteiger partial charge is 0.325 e. The number of pyridine rings is 1. The Morgan fingerprint density at radius 2 is 2.21 bits per heavy atom. The first-order valence-corrected chi connectivity index (χ1v) is 8.25. The van der Waals surface area contributed by atoms with Gasteiger partial charge in [0, 0.05) is 19.3 Å².